The number of benzene rings is 3. The van der Waals surface area contributed by atoms with E-state index in [1.807, 2.05) is 60.0 Å². The molecule has 0 fully saturated rings. The van der Waals surface area contributed by atoms with Crippen LogP contribution in [0.1, 0.15) is 22.8 Å². The molecule has 13 heteroatoms. The van der Waals surface area contributed by atoms with Gasteiger partial charge in [0.2, 0.25) is 5.82 Å². The Bertz CT molecular complexity index is 1880. The minimum absolute atomic E-state index is 0.213. The van der Waals surface area contributed by atoms with Gasteiger partial charge in [-0.1, -0.05) is 79.9 Å². The molecule has 0 radical (unpaired) electrons. The zero-order chi connectivity index (χ0) is 31.8. The molecule has 0 atom stereocenters. The molecule has 0 unspecified atom stereocenters. The fourth-order valence-corrected chi connectivity index (χ4v) is 4.75. The van der Waals surface area contributed by atoms with E-state index < -0.39 is 11.1 Å². The molecule has 5 aromatic rings. The monoisotopic (exact) mass is 607 g/mol. The highest BCUT2D eigenvalue weighted by molar-refractivity contribution is 6.02. The molecule has 2 aromatic heterocycles. The van der Waals surface area contributed by atoms with Crippen LogP contribution in [0, 0.1) is 10.1 Å². The number of rotatable bonds is 14. The van der Waals surface area contributed by atoms with Crippen LogP contribution in [0.15, 0.2) is 103 Å². The molecule has 45 heavy (non-hydrogen) atoms. The summed E-state index contributed by atoms with van der Waals surface area (Å²) in [5, 5.41) is 24.2. The number of esters is 1. The average Bonchev–Trinajstić information content (AvgIpc) is 3.71. The predicted molar refractivity (Wildman–Crippen MR) is 166 cm³/mol. The molecular weight excluding hydrogens is 578 g/mol. The Morgan fingerprint density at radius 2 is 1.84 bits per heavy atom. The SMILES string of the molecule is C=C/C=C(/CO[N+](=O)[O-])C(=C)COC(=O)c1cccc2nc(OCC)n(Cc3ccc(-c4ccccc4-c4nn[nH]n4)cc3)c12. The number of ether oxygens (including phenoxy) is 2. The first kappa shape index (κ1) is 30.4. The van der Waals surface area contributed by atoms with Crippen LogP contribution in [-0.4, -0.2) is 61.1 Å². The fourth-order valence-electron chi connectivity index (χ4n) is 4.75. The summed E-state index contributed by atoms with van der Waals surface area (Å²) < 4.78 is 13.3. The second kappa shape index (κ2) is 13.9. The maximum absolute atomic E-state index is 13.4. The third-order valence-electron chi connectivity index (χ3n) is 6.82. The van der Waals surface area contributed by atoms with Crippen molar-refractivity contribution >= 4 is 17.0 Å². The molecule has 1 N–H and O–H groups in total. The number of carbonyl (C=O) groups is 1. The van der Waals surface area contributed by atoms with E-state index in [1.54, 1.807) is 18.2 Å². The minimum Gasteiger partial charge on any atom is -0.465 e. The van der Waals surface area contributed by atoms with Gasteiger partial charge in [0.25, 0.3) is 11.1 Å². The van der Waals surface area contributed by atoms with Gasteiger partial charge in [0.15, 0.2) is 0 Å². The van der Waals surface area contributed by atoms with Gasteiger partial charge in [-0.2, -0.15) is 10.2 Å². The number of tetrazole rings is 1. The number of aromatic amines is 1. The average molecular weight is 608 g/mol. The maximum atomic E-state index is 13.4. The summed E-state index contributed by atoms with van der Waals surface area (Å²) >= 11 is 0. The molecule has 13 nitrogen and oxygen atoms in total. The Kier molecular flexibility index (Phi) is 9.38. The van der Waals surface area contributed by atoms with Gasteiger partial charge < -0.3 is 14.3 Å². The maximum Gasteiger partial charge on any atom is 0.340 e. The summed E-state index contributed by atoms with van der Waals surface area (Å²) in [6.45, 7) is 9.52. The zero-order valence-electron chi connectivity index (χ0n) is 24.4. The molecule has 0 aliphatic rings. The van der Waals surface area contributed by atoms with Crippen molar-refractivity contribution in [2.24, 2.45) is 0 Å². The number of hydrogen-bond donors (Lipinski definition) is 1. The summed E-state index contributed by atoms with van der Waals surface area (Å²) in [4.78, 5) is 33.1. The van der Waals surface area contributed by atoms with Crippen LogP contribution in [0.3, 0.4) is 0 Å². The lowest BCUT2D eigenvalue weighted by Crippen LogP contribution is -2.13. The number of H-pyrrole nitrogens is 1. The fraction of sp³-hybridized carbons (Fsp3) is 0.156. The Morgan fingerprint density at radius 3 is 2.53 bits per heavy atom. The largest absolute Gasteiger partial charge is 0.465 e. The number of nitrogens with one attached hydrogen (secondary N) is 1. The van der Waals surface area contributed by atoms with Crippen LogP contribution in [0.2, 0.25) is 0 Å². The Labute approximate surface area is 257 Å². The second-order valence-electron chi connectivity index (χ2n) is 9.67. The van der Waals surface area contributed by atoms with Gasteiger partial charge in [-0.3, -0.25) is 4.57 Å². The van der Waals surface area contributed by atoms with Gasteiger partial charge in [-0.25, -0.2) is 4.79 Å². The van der Waals surface area contributed by atoms with Gasteiger partial charge in [0.05, 0.1) is 29.7 Å². The molecule has 0 aliphatic carbocycles. The topological polar surface area (TPSA) is 160 Å². The van der Waals surface area contributed by atoms with Crippen LogP contribution < -0.4 is 4.74 Å². The van der Waals surface area contributed by atoms with E-state index in [2.05, 4.69) is 43.6 Å². The number of nitrogens with zero attached hydrogens (tertiary/aromatic N) is 6. The normalized spacial score (nSPS) is 11.3. The number of allylic oxidation sites excluding steroid dienone is 2. The number of aromatic nitrogens is 6. The number of carbonyl (C=O) groups excluding carboxylic acids is 1. The van der Waals surface area contributed by atoms with Gasteiger partial charge in [-0.05, 0) is 52.1 Å². The summed E-state index contributed by atoms with van der Waals surface area (Å²) in [6, 6.07) is 21.3. The number of imidazole rings is 1. The molecule has 2 heterocycles. The molecule has 0 amide bonds. The van der Waals surface area contributed by atoms with Gasteiger partial charge in [0, 0.05) is 5.56 Å². The Balaban J connectivity index is 1.41. The highest BCUT2D eigenvalue weighted by Crippen LogP contribution is 2.31. The van der Waals surface area contributed by atoms with Crippen molar-refractivity contribution in [3.63, 3.8) is 0 Å². The highest BCUT2D eigenvalue weighted by atomic mass is 16.9. The van der Waals surface area contributed by atoms with E-state index in [1.165, 1.54) is 12.2 Å². The van der Waals surface area contributed by atoms with Crippen molar-refractivity contribution in [2.75, 3.05) is 19.8 Å². The molecule has 3 aromatic carbocycles. The Morgan fingerprint density at radius 1 is 1.07 bits per heavy atom. The van der Waals surface area contributed by atoms with E-state index in [4.69, 9.17) is 9.47 Å². The number of para-hydroxylation sites is 1. The lowest BCUT2D eigenvalue weighted by Gasteiger charge is -2.14. The molecule has 5 rings (SSSR count). The summed E-state index contributed by atoms with van der Waals surface area (Å²) in [5.74, 6) is -0.116. The van der Waals surface area contributed by atoms with Gasteiger partial charge in [0.1, 0.15) is 13.2 Å². The highest BCUT2D eigenvalue weighted by Gasteiger charge is 2.21. The van der Waals surface area contributed by atoms with E-state index in [-0.39, 0.29) is 18.8 Å². The summed E-state index contributed by atoms with van der Waals surface area (Å²) in [6.07, 6.45) is 2.96. The van der Waals surface area contributed by atoms with Crippen molar-refractivity contribution in [1.29, 1.82) is 0 Å². The first-order chi connectivity index (χ1) is 21.9. The zero-order valence-corrected chi connectivity index (χ0v) is 24.4. The third-order valence-corrected chi connectivity index (χ3v) is 6.82. The first-order valence-electron chi connectivity index (χ1n) is 13.9. The van der Waals surface area contributed by atoms with Crippen molar-refractivity contribution in [1.82, 2.24) is 30.2 Å². The van der Waals surface area contributed by atoms with Crippen LogP contribution in [-0.2, 0) is 16.1 Å². The molecular formula is C32H29N7O6. The third kappa shape index (κ3) is 6.94. The molecule has 0 aliphatic heterocycles. The van der Waals surface area contributed by atoms with Crippen molar-refractivity contribution < 1.29 is 24.2 Å². The predicted octanol–water partition coefficient (Wildman–Crippen LogP) is 5.36. The Hall–Kier alpha value is -6.11. The first-order valence-corrected chi connectivity index (χ1v) is 13.9. The molecule has 228 valence electrons. The number of fused-ring (bicyclic) bond motifs is 1. The number of hydrogen-bond acceptors (Lipinski definition) is 10. The summed E-state index contributed by atoms with van der Waals surface area (Å²) in [5.41, 5.74) is 5.81. The molecule has 0 saturated heterocycles. The van der Waals surface area contributed by atoms with Crippen LogP contribution in [0.5, 0.6) is 6.01 Å². The molecule has 0 saturated carbocycles. The van der Waals surface area contributed by atoms with E-state index in [0.717, 1.165) is 22.3 Å². The summed E-state index contributed by atoms with van der Waals surface area (Å²) in [7, 11) is 0. The van der Waals surface area contributed by atoms with E-state index in [0.29, 0.717) is 47.2 Å². The quantitative estimate of drug-likeness (QED) is 0.0753. The van der Waals surface area contributed by atoms with E-state index >= 15 is 0 Å². The van der Waals surface area contributed by atoms with Crippen molar-refractivity contribution in [3.8, 4) is 28.5 Å². The van der Waals surface area contributed by atoms with Crippen LogP contribution in [0.4, 0.5) is 0 Å². The second-order valence-corrected chi connectivity index (χ2v) is 9.67. The lowest BCUT2D eigenvalue weighted by atomic mass is 9.98. The van der Waals surface area contributed by atoms with Gasteiger partial charge >= 0.3 is 5.97 Å². The van der Waals surface area contributed by atoms with Crippen molar-refractivity contribution in [3.05, 3.63) is 124 Å². The van der Waals surface area contributed by atoms with Crippen LogP contribution >= 0.6 is 0 Å². The lowest BCUT2D eigenvalue weighted by molar-refractivity contribution is -0.755. The minimum atomic E-state index is -0.906. The van der Waals surface area contributed by atoms with Crippen molar-refractivity contribution in [2.45, 2.75) is 13.5 Å². The van der Waals surface area contributed by atoms with Crippen LogP contribution in [0.25, 0.3) is 33.5 Å². The standard InChI is InChI=1S/C32H29N7O6/c1-4-9-24(20-45-39(41)42)21(3)19-44-31(40)27-12-8-13-28-29(27)38(32(33-28)43-5-2)18-22-14-16-23(17-15-22)25-10-6-7-11-26(25)30-34-36-37-35-30/h4,6-17H,1,3,5,18-20H2,2H3,(H,34,35,36,37)/b24-9-. The van der Waals surface area contributed by atoms with Gasteiger partial charge in [-0.15, -0.1) is 20.3 Å². The molecule has 0 bridgehead atoms. The smallest absolute Gasteiger partial charge is 0.340 e. The molecule has 0 spiro atoms. The van der Waals surface area contributed by atoms with E-state index in [9.17, 15) is 14.9 Å².